The van der Waals surface area contributed by atoms with Crippen molar-refractivity contribution in [3.05, 3.63) is 112 Å². The minimum Gasteiger partial charge on any atom is -0.469 e. The van der Waals surface area contributed by atoms with Crippen LogP contribution in [0.5, 0.6) is 0 Å². The Morgan fingerprint density at radius 3 is 2.69 bits per heavy atom. The van der Waals surface area contributed by atoms with Gasteiger partial charge in [0.2, 0.25) is 0 Å². The van der Waals surface area contributed by atoms with Crippen molar-refractivity contribution < 1.29 is 19.0 Å². The number of aromatic nitrogens is 1. The first-order valence-electron chi connectivity index (χ1n) is 17.1. The molecule has 6 rings (SSSR count). The van der Waals surface area contributed by atoms with Crippen LogP contribution in [0.3, 0.4) is 0 Å². The monoisotopic (exact) mass is 683 g/mol. The molecule has 48 heavy (non-hydrogen) atoms. The number of fused-ring (bicyclic) bond motifs is 1. The molecule has 4 aromatic rings. The lowest BCUT2D eigenvalue weighted by Gasteiger charge is -2.34. The molecule has 1 saturated carbocycles. The smallest absolute Gasteiger partial charge is 0.306 e. The highest BCUT2D eigenvalue weighted by molar-refractivity contribution is 7.99. The van der Waals surface area contributed by atoms with E-state index in [2.05, 4.69) is 80.6 Å². The second kappa shape index (κ2) is 15.6. The number of nitrogens with zero attached hydrogens (tertiary/aromatic N) is 1. The maximum absolute atomic E-state index is 12.2. The minimum atomic E-state index is -0.466. The largest absolute Gasteiger partial charge is 0.469 e. The Hall–Kier alpha value is -3.16. The first kappa shape index (κ1) is 34.7. The van der Waals surface area contributed by atoms with Crippen molar-refractivity contribution in [1.29, 1.82) is 0 Å². The molecule has 3 aromatic carbocycles. The number of methoxy groups -OCH3 is 1. The van der Waals surface area contributed by atoms with Crippen molar-refractivity contribution >= 4 is 52.4 Å². The van der Waals surface area contributed by atoms with E-state index < -0.39 is 5.60 Å². The van der Waals surface area contributed by atoms with E-state index in [0.717, 1.165) is 79.5 Å². The molecule has 1 aliphatic carbocycles. The average molecular weight is 684 g/mol. The van der Waals surface area contributed by atoms with Crippen molar-refractivity contribution in [2.45, 2.75) is 82.4 Å². The van der Waals surface area contributed by atoms with Gasteiger partial charge in [0.1, 0.15) is 0 Å². The third kappa shape index (κ3) is 9.09. The predicted molar refractivity (Wildman–Crippen MR) is 198 cm³/mol. The van der Waals surface area contributed by atoms with Crippen LogP contribution < -0.4 is 0 Å². The van der Waals surface area contributed by atoms with Crippen LogP contribution in [0.25, 0.3) is 23.1 Å². The van der Waals surface area contributed by atoms with Gasteiger partial charge >= 0.3 is 5.97 Å². The van der Waals surface area contributed by atoms with E-state index in [4.69, 9.17) is 30.8 Å². The summed E-state index contributed by atoms with van der Waals surface area (Å²) >= 11 is 8.20. The van der Waals surface area contributed by atoms with Gasteiger partial charge in [-0.3, -0.25) is 4.79 Å². The molecule has 0 radical (unpaired) electrons. The number of hydrogen-bond donors (Lipinski definition) is 0. The molecule has 7 heteroatoms. The van der Waals surface area contributed by atoms with E-state index in [-0.39, 0.29) is 22.9 Å². The Morgan fingerprint density at radius 2 is 1.90 bits per heavy atom. The second-order valence-corrected chi connectivity index (χ2v) is 15.4. The summed E-state index contributed by atoms with van der Waals surface area (Å²) in [5.41, 5.74) is 6.29. The van der Waals surface area contributed by atoms with Crippen LogP contribution >= 0.6 is 23.4 Å². The van der Waals surface area contributed by atoms with Crippen LogP contribution in [0.15, 0.2) is 78.9 Å². The van der Waals surface area contributed by atoms with Gasteiger partial charge in [-0.15, -0.1) is 0 Å². The molecule has 5 nitrogen and oxygen atoms in total. The zero-order valence-corrected chi connectivity index (χ0v) is 29.8. The molecule has 1 saturated heterocycles. The first-order valence-corrected chi connectivity index (χ1v) is 18.6. The minimum absolute atomic E-state index is 0.0475. The number of ether oxygens (including phenoxy) is 3. The molecule has 1 unspecified atom stereocenters. The Bertz CT molecular complexity index is 1740. The van der Waals surface area contributed by atoms with Crippen LogP contribution in [-0.4, -0.2) is 36.7 Å². The van der Waals surface area contributed by atoms with Gasteiger partial charge in [-0.25, -0.2) is 4.98 Å². The summed E-state index contributed by atoms with van der Waals surface area (Å²) in [6.07, 6.45) is 11.7. The van der Waals surface area contributed by atoms with Gasteiger partial charge in [-0.1, -0.05) is 78.3 Å². The highest BCUT2D eigenvalue weighted by atomic mass is 35.5. The number of rotatable bonds is 14. The average Bonchev–Trinajstić information content (AvgIpc) is 3.86. The SMILES string of the molecule is COC(=O)CC1(CS[C@@H](CCc2ccccc2C(C)(C)OC2CCCCO2)c2cccc(/C=C/c3ccc4ccc(Cl)cc4n3)c2)CC1. The zero-order chi connectivity index (χ0) is 33.6. The Labute approximate surface area is 294 Å². The molecule has 0 spiro atoms. The van der Waals surface area contributed by atoms with E-state index in [1.165, 1.54) is 23.8 Å². The van der Waals surface area contributed by atoms with E-state index in [1.807, 2.05) is 36.0 Å². The van der Waals surface area contributed by atoms with Gasteiger partial charge < -0.3 is 14.2 Å². The van der Waals surface area contributed by atoms with E-state index in [9.17, 15) is 4.79 Å². The van der Waals surface area contributed by atoms with Crippen LogP contribution in [0.4, 0.5) is 0 Å². The van der Waals surface area contributed by atoms with Crippen LogP contribution in [0.2, 0.25) is 5.02 Å². The van der Waals surface area contributed by atoms with E-state index in [1.54, 1.807) is 0 Å². The molecule has 0 bridgehead atoms. The standard InChI is InChI=1S/C41H46ClNO4S/c1-40(2,47-39-13-6-7-24-46-39)35-12-5-4-10-30(35)17-21-37(48-28-41(22-23-41)27-38(44)45-3)32-11-8-9-29(25-32)14-19-34-20-16-31-15-18-33(42)26-36(31)43-34/h4-5,8-12,14-16,18-20,25-26,37,39H,6-7,13,17,21-24,27-28H2,1-3H3/b19-14+/t37-,39?/m0/s1. The molecule has 2 aliphatic rings. The highest BCUT2D eigenvalue weighted by Gasteiger charge is 2.45. The maximum atomic E-state index is 12.2. The molecule has 252 valence electrons. The number of hydrogen-bond acceptors (Lipinski definition) is 6. The van der Waals surface area contributed by atoms with Gasteiger partial charge in [-0.05, 0) is 111 Å². The molecule has 0 amide bonds. The molecular weight excluding hydrogens is 638 g/mol. The lowest BCUT2D eigenvalue weighted by atomic mass is 9.89. The fourth-order valence-corrected chi connectivity index (χ4v) is 8.34. The summed E-state index contributed by atoms with van der Waals surface area (Å²) < 4.78 is 17.6. The number of pyridine rings is 1. The van der Waals surface area contributed by atoms with Crippen LogP contribution in [-0.2, 0) is 31.0 Å². The highest BCUT2D eigenvalue weighted by Crippen LogP contribution is 2.53. The number of halogens is 1. The summed E-state index contributed by atoms with van der Waals surface area (Å²) in [5.74, 6) is 0.825. The molecule has 0 N–H and O–H groups in total. The number of carbonyl (C=O) groups is 1. The fraction of sp³-hybridized carbons (Fsp3) is 0.415. The quantitative estimate of drug-likeness (QED) is 0.123. The van der Waals surface area contributed by atoms with E-state index in [0.29, 0.717) is 11.4 Å². The normalized spacial score (nSPS) is 18.2. The van der Waals surface area contributed by atoms with Crippen molar-refractivity contribution in [3.8, 4) is 0 Å². The third-order valence-electron chi connectivity index (χ3n) is 9.61. The Balaban J connectivity index is 1.21. The Kier molecular flexibility index (Phi) is 11.3. The Morgan fingerprint density at radius 1 is 1.06 bits per heavy atom. The topological polar surface area (TPSA) is 57.7 Å². The number of benzene rings is 3. The molecular formula is C41H46ClNO4S. The van der Waals surface area contributed by atoms with Gasteiger partial charge in [0, 0.05) is 28.0 Å². The lowest BCUT2D eigenvalue weighted by molar-refractivity contribution is -0.219. The number of thioether (sulfide) groups is 1. The van der Waals surface area contributed by atoms with Crippen molar-refractivity contribution in [2.75, 3.05) is 19.5 Å². The number of aryl methyl sites for hydroxylation is 1. The fourth-order valence-electron chi connectivity index (χ4n) is 6.60. The summed E-state index contributed by atoms with van der Waals surface area (Å²) in [7, 11) is 1.49. The van der Waals surface area contributed by atoms with Crippen LogP contribution in [0.1, 0.15) is 92.0 Å². The third-order valence-corrected chi connectivity index (χ3v) is 11.5. The van der Waals surface area contributed by atoms with Gasteiger partial charge in [-0.2, -0.15) is 11.8 Å². The summed E-state index contributed by atoms with van der Waals surface area (Å²) in [6, 6.07) is 27.4. The van der Waals surface area contributed by atoms with Crippen LogP contribution in [0, 0.1) is 5.41 Å². The first-order chi connectivity index (χ1) is 23.2. The molecule has 1 aromatic heterocycles. The lowest BCUT2D eigenvalue weighted by Crippen LogP contribution is -2.33. The molecule has 2 fully saturated rings. The molecule has 2 atom stereocenters. The number of carbonyl (C=O) groups excluding carboxylic acids is 1. The molecule has 2 heterocycles. The van der Waals surface area contributed by atoms with Crippen molar-refractivity contribution in [2.24, 2.45) is 5.41 Å². The number of esters is 1. The van der Waals surface area contributed by atoms with Gasteiger partial charge in [0.25, 0.3) is 0 Å². The maximum Gasteiger partial charge on any atom is 0.306 e. The van der Waals surface area contributed by atoms with Gasteiger partial charge in [0.15, 0.2) is 6.29 Å². The summed E-state index contributed by atoms with van der Waals surface area (Å²) in [6.45, 7) is 5.09. The summed E-state index contributed by atoms with van der Waals surface area (Å²) in [4.78, 5) is 17.0. The summed E-state index contributed by atoms with van der Waals surface area (Å²) in [5, 5.41) is 2.01. The van der Waals surface area contributed by atoms with Crippen molar-refractivity contribution in [1.82, 2.24) is 4.98 Å². The van der Waals surface area contributed by atoms with Crippen molar-refractivity contribution in [3.63, 3.8) is 0 Å². The molecule has 1 aliphatic heterocycles. The predicted octanol–water partition coefficient (Wildman–Crippen LogP) is 10.6. The zero-order valence-electron chi connectivity index (χ0n) is 28.3. The second-order valence-electron chi connectivity index (χ2n) is 13.7. The van der Waals surface area contributed by atoms with E-state index >= 15 is 0 Å². The van der Waals surface area contributed by atoms with Gasteiger partial charge in [0.05, 0.1) is 30.3 Å².